The van der Waals surface area contributed by atoms with Gasteiger partial charge in [-0.15, -0.1) is 0 Å². The van der Waals surface area contributed by atoms with E-state index in [1.165, 1.54) is 11.1 Å². The van der Waals surface area contributed by atoms with Crippen molar-refractivity contribution >= 4 is 15.9 Å². The smallest absolute Gasteiger partial charge is 0.159 e. The van der Waals surface area contributed by atoms with Crippen LogP contribution in [-0.2, 0) is 22.3 Å². The van der Waals surface area contributed by atoms with E-state index in [1.807, 2.05) is 0 Å². The third kappa shape index (κ3) is 3.77. The molecule has 0 radical (unpaired) electrons. The van der Waals surface area contributed by atoms with Crippen LogP contribution in [0.2, 0.25) is 0 Å². The predicted molar refractivity (Wildman–Crippen MR) is 84.8 cm³/mol. The fourth-order valence-corrected chi connectivity index (χ4v) is 3.62. The van der Waals surface area contributed by atoms with Gasteiger partial charge in [-0.3, -0.25) is 0 Å². The maximum Gasteiger partial charge on any atom is 0.159 e. The van der Waals surface area contributed by atoms with Gasteiger partial charge < -0.3 is 19.5 Å². The van der Waals surface area contributed by atoms with E-state index in [-0.39, 0.29) is 6.29 Å². The molecule has 1 aromatic rings. The summed E-state index contributed by atoms with van der Waals surface area (Å²) in [5.74, 6) is 1.08. The van der Waals surface area contributed by atoms with Gasteiger partial charge in [-0.25, -0.2) is 0 Å². The molecule has 1 N–H and O–H groups in total. The minimum Gasteiger partial charge on any atom is -0.493 e. The molecule has 0 aliphatic carbocycles. The molecule has 0 amide bonds. The molecular formula is C16H22BrNO3. The number of rotatable bonds is 6. The van der Waals surface area contributed by atoms with Crippen LogP contribution < -0.4 is 10.1 Å². The lowest BCUT2D eigenvalue weighted by atomic mass is 9.99. The topological polar surface area (TPSA) is 39.7 Å². The summed E-state index contributed by atoms with van der Waals surface area (Å²) in [6, 6.07) is 4.67. The first kappa shape index (κ1) is 15.3. The molecule has 1 atom stereocenters. The van der Waals surface area contributed by atoms with Gasteiger partial charge in [0.15, 0.2) is 6.29 Å². The van der Waals surface area contributed by atoms with E-state index in [2.05, 4.69) is 40.3 Å². The third-order valence-electron chi connectivity index (χ3n) is 3.95. The summed E-state index contributed by atoms with van der Waals surface area (Å²) in [5.41, 5.74) is 2.57. The first-order valence-electron chi connectivity index (χ1n) is 7.67. The molecule has 0 bridgehead atoms. The number of likely N-dealkylation sites (N-methyl/N-ethyl adjacent to an activating group) is 1. The van der Waals surface area contributed by atoms with E-state index in [0.29, 0.717) is 19.3 Å². The number of benzene rings is 1. The van der Waals surface area contributed by atoms with Crippen LogP contribution in [0.25, 0.3) is 0 Å². The van der Waals surface area contributed by atoms with Crippen LogP contribution in [0.4, 0.5) is 0 Å². The van der Waals surface area contributed by atoms with Crippen LogP contribution in [0.5, 0.6) is 5.75 Å². The molecule has 5 heteroatoms. The number of fused-ring (bicyclic) bond motifs is 1. The predicted octanol–water partition coefficient (Wildman–Crippen LogP) is 2.67. The van der Waals surface area contributed by atoms with Crippen molar-refractivity contribution in [3.63, 3.8) is 0 Å². The van der Waals surface area contributed by atoms with Gasteiger partial charge >= 0.3 is 0 Å². The molecule has 0 spiro atoms. The molecular weight excluding hydrogens is 334 g/mol. The zero-order chi connectivity index (χ0) is 14.7. The van der Waals surface area contributed by atoms with Crippen molar-refractivity contribution in [2.75, 3.05) is 26.4 Å². The zero-order valence-electron chi connectivity index (χ0n) is 12.4. The standard InChI is InChI=1S/C16H22BrNO3/c1-2-18-14(10-15-19-5-6-20-15)9-12-8-13(17)7-11-3-4-21-16(11)12/h7-8,14-15,18H,2-6,9-10H2,1H3. The lowest BCUT2D eigenvalue weighted by Gasteiger charge is -2.22. The van der Waals surface area contributed by atoms with Crippen molar-refractivity contribution in [1.82, 2.24) is 5.32 Å². The molecule has 1 unspecified atom stereocenters. The van der Waals surface area contributed by atoms with Crippen LogP contribution in [0.15, 0.2) is 16.6 Å². The Balaban J connectivity index is 1.72. The van der Waals surface area contributed by atoms with Crippen LogP contribution in [0.3, 0.4) is 0 Å². The lowest BCUT2D eigenvalue weighted by molar-refractivity contribution is -0.0525. The third-order valence-corrected chi connectivity index (χ3v) is 4.41. The first-order valence-corrected chi connectivity index (χ1v) is 8.46. The van der Waals surface area contributed by atoms with Gasteiger partial charge in [0.05, 0.1) is 19.8 Å². The molecule has 0 saturated carbocycles. The van der Waals surface area contributed by atoms with Gasteiger partial charge in [0.2, 0.25) is 0 Å². The van der Waals surface area contributed by atoms with Crippen LogP contribution in [-0.4, -0.2) is 38.7 Å². The number of hydrogen-bond donors (Lipinski definition) is 1. The highest BCUT2D eigenvalue weighted by Gasteiger charge is 2.24. The minimum absolute atomic E-state index is 0.0739. The fourth-order valence-electron chi connectivity index (χ4n) is 3.07. The van der Waals surface area contributed by atoms with Crippen molar-refractivity contribution in [3.05, 3.63) is 27.7 Å². The monoisotopic (exact) mass is 355 g/mol. The van der Waals surface area contributed by atoms with E-state index in [9.17, 15) is 0 Å². The summed E-state index contributed by atoms with van der Waals surface area (Å²) in [4.78, 5) is 0. The second kappa shape index (κ2) is 7.09. The summed E-state index contributed by atoms with van der Waals surface area (Å²) in [6.45, 7) is 5.27. The molecule has 0 aromatic heterocycles. The highest BCUT2D eigenvalue weighted by atomic mass is 79.9. The molecule has 116 valence electrons. The molecule has 21 heavy (non-hydrogen) atoms. The highest BCUT2D eigenvalue weighted by molar-refractivity contribution is 9.10. The summed E-state index contributed by atoms with van der Waals surface area (Å²) >= 11 is 3.61. The Morgan fingerprint density at radius 3 is 2.86 bits per heavy atom. The average Bonchev–Trinajstić information content (AvgIpc) is 3.09. The SMILES string of the molecule is CCNC(Cc1cc(Br)cc2c1OCC2)CC1OCCO1. The van der Waals surface area contributed by atoms with E-state index >= 15 is 0 Å². The number of ether oxygens (including phenoxy) is 3. The van der Waals surface area contributed by atoms with Crippen molar-refractivity contribution in [2.24, 2.45) is 0 Å². The summed E-state index contributed by atoms with van der Waals surface area (Å²) in [5, 5.41) is 3.54. The molecule has 2 heterocycles. The largest absolute Gasteiger partial charge is 0.493 e. The van der Waals surface area contributed by atoms with Crippen LogP contribution in [0.1, 0.15) is 24.5 Å². The van der Waals surface area contributed by atoms with E-state index in [0.717, 1.165) is 42.6 Å². The minimum atomic E-state index is -0.0739. The summed E-state index contributed by atoms with van der Waals surface area (Å²) in [6.07, 6.45) is 2.73. The fraction of sp³-hybridized carbons (Fsp3) is 0.625. The Kier molecular flexibility index (Phi) is 5.16. The van der Waals surface area contributed by atoms with Crippen LogP contribution >= 0.6 is 15.9 Å². The van der Waals surface area contributed by atoms with Gasteiger partial charge in [0.1, 0.15) is 5.75 Å². The Hall–Kier alpha value is -0.620. The van der Waals surface area contributed by atoms with E-state index in [4.69, 9.17) is 14.2 Å². The maximum atomic E-state index is 5.82. The highest BCUT2D eigenvalue weighted by Crippen LogP contribution is 2.34. The van der Waals surface area contributed by atoms with Gasteiger partial charge in [-0.2, -0.15) is 0 Å². The average molecular weight is 356 g/mol. The number of nitrogens with one attached hydrogen (secondary N) is 1. The number of hydrogen-bond acceptors (Lipinski definition) is 4. The van der Waals surface area contributed by atoms with Crippen molar-refractivity contribution in [1.29, 1.82) is 0 Å². The summed E-state index contributed by atoms with van der Waals surface area (Å²) < 4.78 is 18.1. The molecule has 2 aliphatic rings. The lowest BCUT2D eigenvalue weighted by Crippen LogP contribution is -2.35. The molecule has 1 fully saturated rings. The first-order chi connectivity index (χ1) is 10.3. The van der Waals surface area contributed by atoms with Gasteiger partial charge in [0.25, 0.3) is 0 Å². The molecule has 4 nitrogen and oxygen atoms in total. The van der Waals surface area contributed by atoms with E-state index < -0.39 is 0 Å². The Labute approximate surface area is 134 Å². The van der Waals surface area contributed by atoms with Gasteiger partial charge in [-0.05, 0) is 36.2 Å². The maximum absolute atomic E-state index is 5.82. The normalized spacial score (nSPS) is 19.5. The molecule has 2 aliphatic heterocycles. The quantitative estimate of drug-likeness (QED) is 0.851. The number of halogens is 1. The molecule has 3 rings (SSSR count). The second-order valence-electron chi connectivity index (χ2n) is 5.52. The Morgan fingerprint density at radius 2 is 2.10 bits per heavy atom. The summed E-state index contributed by atoms with van der Waals surface area (Å²) in [7, 11) is 0. The van der Waals surface area contributed by atoms with Gasteiger partial charge in [0, 0.05) is 23.4 Å². The van der Waals surface area contributed by atoms with Gasteiger partial charge in [-0.1, -0.05) is 22.9 Å². The molecule has 1 aromatic carbocycles. The zero-order valence-corrected chi connectivity index (χ0v) is 13.9. The second-order valence-corrected chi connectivity index (χ2v) is 6.43. The van der Waals surface area contributed by atoms with Crippen molar-refractivity contribution in [2.45, 2.75) is 38.5 Å². The Morgan fingerprint density at radius 1 is 1.29 bits per heavy atom. The van der Waals surface area contributed by atoms with Crippen molar-refractivity contribution in [3.8, 4) is 5.75 Å². The van der Waals surface area contributed by atoms with E-state index in [1.54, 1.807) is 0 Å². The Bertz CT molecular complexity index is 489. The molecule has 1 saturated heterocycles. The van der Waals surface area contributed by atoms with Crippen LogP contribution in [0, 0.1) is 0 Å². The van der Waals surface area contributed by atoms with Crippen molar-refractivity contribution < 1.29 is 14.2 Å².